The molecule has 0 saturated heterocycles. The lowest BCUT2D eigenvalue weighted by molar-refractivity contribution is 0.430. The van der Waals surface area contributed by atoms with Crippen molar-refractivity contribution in [1.29, 1.82) is 0 Å². The van der Waals surface area contributed by atoms with E-state index in [-0.39, 0.29) is 0 Å². The molecule has 19 heavy (non-hydrogen) atoms. The zero-order chi connectivity index (χ0) is 13.6. The van der Waals surface area contributed by atoms with Crippen LogP contribution in [0.5, 0.6) is 0 Å². The predicted molar refractivity (Wildman–Crippen MR) is 79.2 cm³/mol. The maximum atomic E-state index is 6.38. The molecule has 1 aliphatic heterocycles. The average molecular weight is 255 g/mol. The van der Waals surface area contributed by atoms with Crippen LogP contribution in [0.1, 0.15) is 42.8 Å². The SMILES string of the molecule is Cc1cccc(C)c1-c1nc2n(c1N)C(C)CCC2. The molecule has 3 rings (SSSR count). The fourth-order valence-electron chi connectivity index (χ4n) is 3.22. The topological polar surface area (TPSA) is 43.8 Å². The Kier molecular flexibility index (Phi) is 2.85. The normalized spacial score (nSPS) is 18.4. The van der Waals surface area contributed by atoms with E-state index in [1.165, 1.54) is 29.5 Å². The van der Waals surface area contributed by atoms with E-state index in [0.29, 0.717) is 6.04 Å². The Morgan fingerprint density at radius 3 is 2.58 bits per heavy atom. The smallest absolute Gasteiger partial charge is 0.132 e. The van der Waals surface area contributed by atoms with Gasteiger partial charge in [0, 0.05) is 18.0 Å². The second-order valence-electron chi connectivity index (χ2n) is 5.64. The fourth-order valence-corrected chi connectivity index (χ4v) is 3.22. The van der Waals surface area contributed by atoms with E-state index < -0.39 is 0 Å². The molecule has 0 bridgehead atoms. The van der Waals surface area contributed by atoms with Gasteiger partial charge in [-0.15, -0.1) is 0 Å². The number of hydrogen-bond acceptors (Lipinski definition) is 2. The monoisotopic (exact) mass is 255 g/mol. The van der Waals surface area contributed by atoms with E-state index in [9.17, 15) is 0 Å². The molecule has 0 radical (unpaired) electrons. The standard InChI is InChI=1S/C16H21N3/c1-10-6-4-7-11(2)14(10)15-16(17)19-12(3)8-5-9-13(19)18-15/h4,6-7,12H,5,8-9,17H2,1-3H3. The van der Waals surface area contributed by atoms with E-state index in [0.717, 1.165) is 23.8 Å². The van der Waals surface area contributed by atoms with Crippen LogP contribution >= 0.6 is 0 Å². The molecule has 0 spiro atoms. The third kappa shape index (κ3) is 1.84. The van der Waals surface area contributed by atoms with Crippen LogP contribution in [0.4, 0.5) is 5.82 Å². The molecule has 0 aliphatic carbocycles. The molecule has 0 amide bonds. The van der Waals surface area contributed by atoms with Crippen LogP contribution in [0, 0.1) is 13.8 Å². The summed E-state index contributed by atoms with van der Waals surface area (Å²) in [4.78, 5) is 4.83. The van der Waals surface area contributed by atoms with E-state index in [1.54, 1.807) is 0 Å². The zero-order valence-corrected chi connectivity index (χ0v) is 11.9. The Bertz CT molecular complexity index is 605. The second kappa shape index (κ2) is 4.41. The van der Waals surface area contributed by atoms with Gasteiger partial charge in [0.25, 0.3) is 0 Å². The first kappa shape index (κ1) is 12.3. The van der Waals surface area contributed by atoms with Crippen molar-refractivity contribution in [2.24, 2.45) is 0 Å². The number of aryl methyl sites for hydroxylation is 3. The van der Waals surface area contributed by atoms with Crippen LogP contribution in [-0.2, 0) is 6.42 Å². The maximum absolute atomic E-state index is 6.38. The molecule has 1 aliphatic rings. The molecule has 3 heteroatoms. The number of nitrogens with two attached hydrogens (primary N) is 1. The first-order valence-corrected chi connectivity index (χ1v) is 7.02. The number of hydrogen-bond donors (Lipinski definition) is 1. The molecule has 0 fully saturated rings. The van der Waals surface area contributed by atoms with Crippen LogP contribution in [0.15, 0.2) is 18.2 Å². The third-order valence-electron chi connectivity index (χ3n) is 4.20. The van der Waals surface area contributed by atoms with Gasteiger partial charge >= 0.3 is 0 Å². The minimum Gasteiger partial charge on any atom is -0.383 e. The van der Waals surface area contributed by atoms with Crippen molar-refractivity contribution in [2.75, 3.05) is 5.73 Å². The van der Waals surface area contributed by atoms with Crippen molar-refractivity contribution in [3.63, 3.8) is 0 Å². The van der Waals surface area contributed by atoms with Gasteiger partial charge in [0.05, 0.1) is 0 Å². The van der Waals surface area contributed by atoms with Crippen molar-refractivity contribution in [3.8, 4) is 11.3 Å². The van der Waals surface area contributed by atoms with Crippen LogP contribution < -0.4 is 5.73 Å². The van der Waals surface area contributed by atoms with Gasteiger partial charge in [-0.25, -0.2) is 4.98 Å². The van der Waals surface area contributed by atoms with Crippen LogP contribution in [0.2, 0.25) is 0 Å². The molecule has 3 nitrogen and oxygen atoms in total. The Balaban J connectivity index is 2.22. The summed E-state index contributed by atoms with van der Waals surface area (Å²) in [6.07, 6.45) is 3.45. The third-order valence-corrected chi connectivity index (χ3v) is 4.20. The largest absolute Gasteiger partial charge is 0.383 e. The molecule has 2 N–H and O–H groups in total. The van der Waals surface area contributed by atoms with Gasteiger partial charge in [-0.2, -0.15) is 0 Å². The Labute approximate surface area is 114 Å². The predicted octanol–water partition coefficient (Wildman–Crippen LogP) is 3.65. The van der Waals surface area contributed by atoms with Gasteiger partial charge in [0.2, 0.25) is 0 Å². The summed E-state index contributed by atoms with van der Waals surface area (Å²) in [5, 5.41) is 0. The van der Waals surface area contributed by atoms with E-state index in [2.05, 4.69) is 43.5 Å². The van der Waals surface area contributed by atoms with Gasteiger partial charge in [-0.05, 0) is 44.7 Å². The Hall–Kier alpha value is -1.77. The minimum atomic E-state index is 0.467. The summed E-state index contributed by atoms with van der Waals surface area (Å²) < 4.78 is 2.23. The summed E-state index contributed by atoms with van der Waals surface area (Å²) in [5.41, 5.74) is 11.0. The Morgan fingerprint density at radius 2 is 1.95 bits per heavy atom. The second-order valence-corrected chi connectivity index (χ2v) is 5.64. The molecule has 2 heterocycles. The van der Waals surface area contributed by atoms with E-state index in [1.807, 2.05) is 0 Å². The number of rotatable bonds is 1. The number of fused-ring (bicyclic) bond motifs is 1. The highest BCUT2D eigenvalue weighted by Gasteiger charge is 2.24. The number of anilines is 1. The minimum absolute atomic E-state index is 0.467. The summed E-state index contributed by atoms with van der Waals surface area (Å²) >= 11 is 0. The van der Waals surface area contributed by atoms with Crippen LogP contribution in [0.3, 0.4) is 0 Å². The molecular formula is C16H21N3. The molecule has 1 aromatic heterocycles. The number of nitrogen functional groups attached to an aromatic ring is 1. The van der Waals surface area contributed by atoms with Crippen molar-refractivity contribution >= 4 is 5.82 Å². The summed E-state index contributed by atoms with van der Waals surface area (Å²) in [6, 6.07) is 6.81. The highest BCUT2D eigenvalue weighted by Crippen LogP contribution is 2.36. The van der Waals surface area contributed by atoms with Crippen molar-refractivity contribution in [1.82, 2.24) is 9.55 Å². The summed E-state index contributed by atoms with van der Waals surface area (Å²) in [6.45, 7) is 6.49. The van der Waals surface area contributed by atoms with Crippen molar-refractivity contribution in [2.45, 2.75) is 46.1 Å². The quantitative estimate of drug-likeness (QED) is 0.845. The summed E-state index contributed by atoms with van der Waals surface area (Å²) in [7, 11) is 0. The lowest BCUT2D eigenvalue weighted by atomic mass is 10.00. The van der Waals surface area contributed by atoms with Gasteiger partial charge in [0.15, 0.2) is 0 Å². The fraction of sp³-hybridized carbons (Fsp3) is 0.438. The molecular weight excluding hydrogens is 234 g/mol. The Morgan fingerprint density at radius 1 is 1.26 bits per heavy atom. The van der Waals surface area contributed by atoms with E-state index >= 15 is 0 Å². The number of aromatic nitrogens is 2. The molecule has 100 valence electrons. The molecule has 2 aromatic rings. The van der Waals surface area contributed by atoms with Crippen molar-refractivity contribution in [3.05, 3.63) is 35.2 Å². The molecule has 1 atom stereocenters. The number of nitrogens with zero attached hydrogens (tertiary/aromatic N) is 2. The number of imidazole rings is 1. The zero-order valence-electron chi connectivity index (χ0n) is 11.9. The molecule has 1 aromatic carbocycles. The van der Waals surface area contributed by atoms with Crippen LogP contribution in [0.25, 0.3) is 11.3 Å². The highest BCUT2D eigenvalue weighted by molar-refractivity contribution is 5.76. The van der Waals surface area contributed by atoms with Gasteiger partial charge < -0.3 is 10.3 Å². The van der Waals surface area contributed by atoms with Crippen molar-refractivity contribution < 1.29 is 0 Å². The lowest BCUT2D eigenvalue weighted by Crippen LogP contribution is -2.16. The number of benzene rings is 1. The molecule has 1 unspecified atom stereocenters. The highest BCUT2D eigenvalue weighted by atomic mass is 15.2. The first-order chi connectivity index (χ1) is 9.09. The van der Waals surface area contributed by atoms with Gasteiger partial charge in [0.1, 0.15) is 17.3 Å². The van der Waals surface area contributed by atoms with Gasteiger partial charge in [-0.1, -0.05) is 18.2 Å². The maximum Gasteiger partial charge on any atom is 0.132 e. The van der Waals surface area contributed by atoms with Gasteiger partial charge in [-0.3, -0.25) is 0 Å². The average Bonchev–Trinajstić information content (AvgIpc) is 2.68. The van der Waals surface area contributed by atoms with Crippen LogP contribution in [-0.4, -0.2) is 9.55 Å². The summed E-state index contributed by atoms with van der Waals surface area (Å²) in [5.74, 6) is 1.98. The first-order valence-electron chi connectivity index (χ1n) is 7.02. The van der Waals surface area contributed by atoms with E-state index in [4.69, 9.17) is 10.7 Å². The lowest BCUT2D eigenvalue weighted by Gasteiger charge is -2.22. The molecule has 0 saturated carbocycles.